The lowest BCUT2D eigenvalue weighted by atomic mass is 9.74. The molecule has 11 heteroatoms. The van der Waals surface area contributed by atoms with Gasteiger partial charge in [-0.05, 0) is 12.8 Å². The van der Waals surface area contributed by atoms with Gasteiger partial charge in [0.2, 0.25) is 17.2 Å². The molecule has 35 heavy (non-hydrogen) atoms. The van der Waals surface area contributed by atoms with Gasteiger partial charge in [0, 0.05) is 0 Å². The third-order valence-corrected chi connectivity index (χ3v) is 5.80. The number of aliphatic hydroxyl groups is 6. The molecule has 0 saturated carbocycles. The maximum Gasteiger partial charge on any atom is 0.211 e. The third-order valence-electron chi connectivity index (χ3n) is 5.80. The molecule has 0 aliphatic rings. The minimum absolute atomic E-state index is 0.0302. The molecule has 208 valence electrons. The Morgan fingerprint density at radius 2 is 1.03 bits per heavy atom. The average Bonchev–Trinajstić information content (AvgIpc) is 2.86. The van der Waals surface area contributed by atoms with E-state index in [9.17, 15) is 35.1 Å². The summed E-state index contributed by atoms with van der Waals surface area (Å²) < 4.78 is 15.6. The molecule has 0 heterocycles. The van der Waals surface area contributed by atoms with Gasteiger partial charge in [0.05, 0.1) is 59.5 Å². The Balaban J connectivity index is 5.53. The Kier molecular flexibility index (Phi) is 17.7. The highest BCUT2D eigenvalue weighted by molar-refractivity contribution is 6.16. The van der Waals surface area contributed by atoms with Crippen molar-refractivity contribution in [2.24, 2.45) is 0 Å². The van der Waals surface area contributed by atoms with E-state index >= 15 is 0 Å². The fourth-order valence-corrected chi connectivity index (χ4v) is 3.59. The highest BCUT2D eigenvalue weighted by Crippen LogP contribution is 2.29. The molecule has 0 aromatic carbocycles. The number of rotatable bonds is 24. The van der Waals surface area contributed by atoms with Crippen molar-refractivity contribution in [2.45, 2.75) is 82.0 Å². The topological polar surface area (TPSA) is 183 Å². The van der Waals surface area contributed by atoms with Crippen LogP contribution < -0.4 is 0 Å². The molecule has 0 saturated heterocycles. The van der Waals surface area contributed by atoms with Gasteiger partial charge in [0.15, 0.2) is 0 Å². The molecular formula is C24H46O11. The molecule has 0 fully saturated rings. The second-order valence-corrected chi connectivity index (χ2v) is 8.81. The van der Waals surface area contributed by atoms with Crippen molar-refractivity contribution >= 4 is 11.6 Å². The second-order valence-electron chi connectivity index (χ2n) is 8.81. The van der Waals surface area contributed by atoms with Gasteiger partial charge in [-0.3, -0.25) is 9.59 Å². The summed E-state index contributed by atoms with van der Waals surface area (Å²) in [6, 6.07) is 0. The lowest BCUT2D eigenvalue weighted by Crippen LogP contribution is -2.66. The molecule has 6 N–H and O–H groups in total. The van der Waals surface area contributed by atoms with Crippen molar-refractivity contribution in [3.8, 4) is 0 Å². The summed E-state index contributed by atoms with van der Waals surface area (Å²) in [5.41, 5.74) is -7.86. The summed E-state index contributed by atoms with van der Waals surface area (Å²) in [7, 11) is 0. The number of ketones is 2. The summed E-state index contributed by atoms with van der Waals surface area (Å²) in [6.45, 7) is 1.26. The molecule has 0 amide bonds. The molecular weight excluding hydrogens is 464 g/mol. The van der Waals surface area contributed by atoms with Crippen LogP contribution in [0.15, 0.2) is 0 Å². The van der Waals surface area contributed by atoms with Gasteiger partial charge >= 0.3 is 0 Å². The predicted molar refractivity (Wildman–Crippen MR) is 127 cm³/mol. The number of ether oxygens (including phenoxy) is 3. The van der Waals surface area contributed by atoms with E-state index in [1.807, 2.05) is 13.8 Å². The number of Topliss-reactive ketones (excluding diaryl/α,β-unsaturated/α-hetero) is 2. The Morgan fingerprint density at radius 3 is 1.40 bits per heavy atom. The smallest absolute Gasteiger partial charge is 0.211 e. The van der Waals surface area contributed by atoms with Crippen molar-refractivity contribution < 1.29 is 54.4 Å². The predicted octanol–water partition coefficient (Wildman–Crippen LogP) is -0.495. The molecule has 2 atom stereocenters. The fraction of sp³-hybridized carbons (Fsp3) is 0.917. The minimum atomic E-state index is -3.00. The molecule has 0 bridgehead atoms. The summed E-state index contributed by atoms with van der Waals surface area (Å²) in [4.78, 5) is 26.6. The first-order chi connectivity index (χ1) is 16.6. The standard InChI is InChI=1S/C24H46O11/c1-3-5-7-9-22(30,17-26)20(28)24(32,19-35-16-15-34-14-13-33-12-11-25)21(29)23(31,18-27)10-8-6-4-2/h25-27,30-32H,3-19H2,1-2H3. The van der Waals surface area contributed by atoms with E-state index in [-0.39, 0.29) is 52.5 Å². The molecule has 0 aromatic rings. The Hall–Kier alpha value is -1.02. The Bertz CT molecular complexity index is 550. The van der Waals surface area contributed by atoms with Crippen LogP contribution in [-0.4, -0.2) is 118 Å². The molecule has 0 radical (unpaired) electrons. The van der Waals surface area contributed by atoms with E-state index in [1.54, 1.807) is 0 Å². The summed E-state index contributed by atoms with van der Waals surface area (Å²) in [5, 5.41) is 61.1. The lowest BCUT2D eigenvalue weighted by molar-refractivity contribution is -0.185. The van der Waals surface area contributed by atoms with E-state index in [1.165, 1.54) is 0 Å². The van der Waals surface area contributed by atoms with Crippen LogP contribution in [0, 0.1) is 0 Å². The fourth-order valence-electron chi connectivity index (χ4n) is 3.59. The summed E-state index contributed by atoms with van der Waals surface area (Å²) in [6.07, 6.45) is 3.16. The van der Waals surface area contributed by atoms with Crippen molar-refractivity contribution in [3.63, 3.8) is 0 Å². The van der Waals surface area contributed by atoms with Crippen LogP contribution in [0.3, 0.4) is 0 Å². The van der Waals surface area contributed by atoms with Crippen LogP contribution in [0.2, 0.25) is 0 Å². The average molecular weight is 511 g/mol. The van der Waals surface area contributed by atoms with Crippen LogP contribution in [0.4, 0.5) is 0 Å². The number of aliphatic hydroxyl groups excluding tert-OH is 3. The van der Waals surface area contributed by atoms with E-state index < -0.39 is 48.2 Å². The zero-order chi connectivity index (χ0) is 26.8. The lowest BCUT2D eigenvalue weighted by Gasteiger charge is -2.38. The van der Waals surface area contributed by atoms with E-state index in [2.05, 4.69) is 0 Å². The Labute approximate surface area is 208 Å². The van der Waals surface area contributed by atoms with E-state index in [0.717, 1.165) is 12.8 Å². The number of hydrogen-bond donors (Lipinski definition) is 6. The van der Waals surface area contributed by atoms with Crippen LogP contribution in [-0.2, 0) is 23.8 Å². The second kappa shape index (κ2) is 18.3. The zero-order valence-corrected chi connectivity index (χ0v) is 21.2. The van der Waals surface area contributed by atoms with Gasteiger partial charge in [-0.2, -0.15) is 0 Å². The molecule has 0 aliphatic carbocycles. The van der Waals surface area contributed by atoms with Crippen LogP contribution in [0.5, 0.6) is 0 Å². The van der Waals surface area contributed by atoms with Crippen molar-refractivity contribution in [1.29, 1.82) is 0 Å². The maximum atomic E-state index is 13.3. The van der Waals surface area contributed by atoms with Crippen molar-refractivity contribution in [1.82, 2.24) is 0 Å². The van der Waals surface area contributed by atoms with Crippen LogP contribution in [0.1, 0.15) is 65.2 Å². The first-order valence-electron chi connectivity index (χ1n) is 12.4. The van der Waals surface area contributed by atoms with Gasteiger partial charge < -0.3 is 44.8 Å². The number of carbonyl (C=O) groups excluding carboxylic acids is 2. The molecule has 0 aromatic heterocycles. The van der Waals surface area contributed by atoms with Crippen molar-refractivity contribution in [2.75, 3.05) is 59.5 Å². The normalized spacial score (nSPS) is 16.9. The van der Waals surface area contributed by atoms with Gasteiger partial charge in [-0.25, -0.2) is 0 Å². The first kappa shape index (κ1) is 34.0. The highest BCUT2D eigenvalue weighted by atomic mass is 16.5. The van der Waals surface area contributed by atoms with Gasteiger partial charge in [0.25, 0.3) is 0 Å². The third kappa shape index (κ3) is 11.3. The highest BCUT2D eigenvalue weighted by Gasteiger charge is 2.58. The van der Waals surface area contributed by atoms with Gasteiger partial charge in [0.1, 0.15) is 11.2 Å². The molecule has 0 spiro atoms. The van der Waals surface area contributed by atoms with Gasteiger partial charge in [-0.15, -0.1) is 0 Å². The van der Waals surface area contributed by atoms with E-state index in [4.69, 9.17) is 19.3 Å². The monoisotopic (exact) mass is 510 g/mol. The van der Waals surface area contributed by atoms with Crippen molar-refractivity contribution in [3.05, 3.63) is 0 Å². The number of unbranched alkanes of at least 4 members (excludes halogenated alkanes) is 4. The maximum absolute atomic E-state index is 13.3. The zero-order valence-electron chi connectivity index (χ0n) is 21.2. The molecule has 0 aliphatic heterocycles. The van der Waals surface area contributed by atoms with Gasteiger partial charge in [-0.1, -0.05) is 52.4 Å². The van der Waals surface area contributed by atoms with E-state index in [0.29, 0.717) is 25.7 Å². The number of carbonyl (C=O) groups is 2. The largest absolute Gasteiger partial charge is 0.394 e. The Morgan fingerprint density at radius 1 is 0.629 bits per heavy atom. The minimum Gasteiger partial charge on any atom is -0.394 e. The molecule has 0 rings (SSSR count). The molecule has 2 unspecified atom stereocenters. The van der Waals surface area contributed by atoms with Crippen LogP contribution in [0.25, 0.3) is 0 Å². The first-order valence-corrected chi connectivity index (χ1v) is 12.4. The summed E-state index contributed by atoms with van der Waals surface area (Å²) >= 11 is 0. The summed E-state index contributed by atoms with van der Waals surface area (Å²) in [5.74, 6) is -2.76. The SMILES string of the molecule is CCCCCC(O)(CO)C(=O)C(O)(COCCOCCOCCO)C(=O)C(O)(CO)CCCCC. The quantitative estimate of drug-likeness (QED) is 0.0727. The molecule has 11 nitrogen and oxygen atoms in total. The number of hydrogen-bond acceptors (Lipinski definition) is 11. The van der Waals surface area contributed by atoms with Crippen LogP contribution >= 0.6 is 0 Å².